The SMILES string of the molecule is CC(CN(C)C)Nc1nc2ccc(Cl)cn2n1. The first-order valence-corrected chi connectivity index (χ1v) is 5.85. The minimum Gasteiger partial charge on any atom is -0.349 e. The lowest BCUT2D eigenvalue weighted by molar-refractivity contribution is 0.391. The van der Waals surface area contributed by atoms with E-state index in [1.807, 2.05) is 20.2 Å². The zero-order chi connectivity index (χ0) is 12.4. The summed E-state index contributed by atoms with van der Waals surface area (Å²) >= 11 is 5.89. The van der Waals surface area contributed by atoms with Crippen molar-refractivity contribution in [2.45, 2.75) is 13.0 Å². The van der Waals surface area contributed by atoms with E-state index in [4.69, 9.17) is 11.6 Å². The zero-order valence-electron chi connectivity index (χ0n) is 10.2. The highest BCUT2D eigenvalue weighted by molar-refractivity contribution is 6.30. The number of halogens is 1. The summed E-state index contributed by atoms with van der Waals surface area (Å²) in [5.74, 6) is 0.626. The zero-order valence-corrected chi connectivity index (χ0v) is 10.9. The molecule has 2 aromatic rings. The number of nitrogens with zero attached hydrogens (tertiary/aromatic N) is 4. The summed E-state index contributed by atoms with van der Waals surface area (Å²) in [6.07, 6.45) is 1.74. The minimum absolute atomic E-state index is 0.290. The van der Waals surface area contributed by atoms with Crippen LogP contribution < -0.4 is 5.32 Å². The van der Waals surface area contributed by atoms with Crippen molar-refractivity contribution in [3.63, 3.8) is 0 Å². The van der Waals surface area contributed by atoms with Crippen LogP contribution in [-0.4, -0.2) is 46.2 Å². The third-order valence-corrected chi connectivity index (χ3v) is 2.53. The quantitative estimate of drug-likeness (QED) is 0.902. The molecule has 0 aromatic carbocycles. The molecule has 2 heterocycles. The summed E-state index contributed by atoms with van der Waals surface area (Å²) in [6, 6.07) is 3.94. The lowest BCUT2D eigenvalue weighted by atomic mass is 10.3. The van der Waals surface area contributed by atoms with Gasteiger partial charge >= 0.3 is 0 Å². The van der Waals surface area contributed by atoms with E-state index in [0.717, 1.165) is 12.2 Å². The summed E-state index contributed by atoms with van der Waals surface area (Å²) < 4.78 is 1.67. The maximum absolute atomic E-state index is 5.89. The predicted octanol–water partition coefficient (Wildman–Crippen LogP) is 1.74. The lowest BCUT2D eigenvalue weighted by Crippen LogP contribution is -2.30. The van der Waals surface area contributed by atoms with Crippen molar-refractivity contribution in [3.05, 3.63) is 23.4 Å². The van der Waals surface area contributed by atoms with Crippen molar-refractivity contribution in [2.24, 2.45) is 0 Å². The molecule has 2 rings (SSSR count). The average molecular weight is 254 g/mol. The molecular formula is C11H16ClN5. The van der Waals surface area contributed by atoms with E-state index in [1.54, 1.807) is 16.8 Å². The molecule has 0 aliphatic carbocycles. The molecule has 5 nitrogen and oxygen atoms in total. The highest BCUT2D eigenvalue weighted by atomic mass is 35.5. The Morgan fingerprint density at radius 2 is 2.24 bits per heavy atom. The summed E-state index contributed by atoms with van der Waals surface area (Å²) in [7, 11) is 4.07. The summed E-state index contributed by atoms with van der Waals surface area (Å²) in [5, 5.41) is 8.22. The Bertz CT molecular complexity index is 508. The standard InChI is InChI=1S/C11H16ClN5/c1-8(6-16(2)3)13-11-14-10-5-4-9(12)7-17(10)15-11/h4-5,7-8H,6H2,1-3H3,(H,13,15). The molecular weight excluding hydrogens is 238 g/mol. The summed E-state index contributed by atoms with van der Waals surface area (Å²) in [6.45, 7) is 3.02. The van der Waals surface area contributed by atoms with E-state index in [1.165, 1.54) is 0 Å². The Kier molecular flexibility index (Phi) is 3.49. The molecule has 0 spiro atoms. The van der Waals surface area contributed by atoms with Crippen LogP contribution in [0, 0.1) is 0 Å². The Labute approximate surface area is 105 Å². The summed E-state index contributed by atoms with van der Waals surface area (Å²) in [5.41, 5.74) is 0.786. The molecule has 6 heteroatoms. The first-order valence-electron chi connectivity index (χ1n) is 5.48. The minimum atomic E-state index is 0.290. The lowest BCUT2D eigenvalue weighted by Gasteiger charge is -2.16. The maximum Gasteiger partial charge on any atom is 0.243 e. The number of rotatable bonds is 4. The third kappa shape index (κ3) is 3.08. The highest BCUT2D eigenvalue weighted by Gasteiger charge is 2.08. The molecule has 2 aromatic heterocycles. The Morgan fingerprint density at radius 1 is 1.47 bits per heavy atom. The van der Waals surface area contributed by atoms with Crippen LogP contribution in [0.3, 0.4) is 0 Å². The fourth-order valence-corrected chi connectivity index (χ4v) is 1.89. The van der Waals surface area contributed by atoms with Crippen LogP contribution in [0.15, 0.2) is 18.3 Å². The highest BCUT2D eigenvalue weighted by Crippen LogP contribution is 2.11. The van der Waals surface area contributed by atoms with Crippen molar-refractivity contribution in [1.82, 2.24) is 19.5 Å². The molecule has 0 amide bonds. The molecule has 1 atom stereocenters. The molecule has 0 aliphatic heterocycles. The van der Waals surface area contributed by atoms with Crippen LogP contribution in [0.2, 0.25) is 5.02 Å². The second kappa shape index (κ2) is 4.89. The van der Waals surface area contributed by atoms with E-state index in [0.29, 0.717) is 11.0 Å². The molecule has 1 unspecified atom stereocenters. The first-order chi connectivity index (χ1) is 8.04. The van der Waals surface area contributed by atoms with Gasteiger partial charge in [-0.2, -0.15) is 4.98 Å². The molecule has 17 heavy (non-hydrogen) atoms. The van der Waals surface area contributed by atoms with Gasteiger partial charge in [0, 0.05) is 18.8 Å². The van der Waals surface area contributed by atoms with Crippen LogP contribution in [0.5, 0.6) is 0 Å². The van der Waals surface area contributed by atoms with Crippen molar-refractivity contribution in [2.75, 3.05) is 26.0 Å². The molecule has 0 bridgehead atoms. The van der Waals surface area contributed by atoms with Gasteiger partial charge in [-0.15, -0.1) is 5.10 Å². The van der Waals surface area contributed by atoms with Crippen LogP contribution in [0.1, 0.15) is 6.92 Å². The van der Waals surface area contributed by atoms with Crippen LogP contribution >= 0.6 is 11.6 Å². The smallest absolute Gasteiger partial charge is 0.243 e. The second-order valence-corrected chi connectivity index (χ2v) is 4.83. The van der Waals surface area contributed by atoms with Gasteiger partial charge in [-0.05, 0) is 33.2 Å². The van der Waals surface area contributed by atoms with E-state index in [2.05, 4.69) is 27.2 Å². The molecule has 1 N–H and O–H groups in total. The number of pyridine rings is 1. The van der Waals surface area contributed by atoms with E-state index < -0.39 is 0 Å². The molecule has 0 aliphatic rings. The fraction of sp³-hybridized carbons (Fsp3) is 0.455. The Morgan fingerprint density at radius 3 is 2.94 bits per heavy atom. The normalized spacial score (nSPS) is 13.2. The fourth-order valence-electron chi connectivity index (χ4n) is 1.73. The van der Waals surface area contributed by atoms with Crippen molar-refractivity contribution < 1.29 is 0 Å². The van der Waals surface area contributed by atoms with Gasteiger partial charge in [0.05, 0.1) is 5.02 Å². The molecule has 92 valence electrons. The molecule has 0 saturated carbocycles. The topological polar surface area (TPSA) is 45.5 Å². The van der Waals surface area contributed by atoms with Crippen molar-refractivity contribution >= 4 is 23.2 Å². The number of nitrogens with one attached hydrogen (secondary N) is 1. The number of aromatic nitrogens is 3. The second-order valence-electron chi connectivity index (χ2n) is 4.39. The first kappa shape index (κ1) is 12.1. The maximum atomic E-state index is 5.89. The van der Waals surface area contributed by atoms with Crippen LogP contribution in [0.4, 0.5) is 5.95 Å². The number of likely N-dealkylation sites (N-methyl/N-ethyl adjacent to an activating group) is 1. The van der Waals surface area contributed by atoms with Crippen molar-refractivity contribution in [1.29, 1.82) is 0 Å². The Hall–Kier alpha value is -1.33. The van der Waals surface area contributed by atoms with Gasteiger partial charge in [0.15, 0.2) is 5.65 Å². The number of anilines is 1. The Balaban J connectivity index is 2.14. The molecule has 0 saturated heterocycles. The van der Waals surface area contributed by atoms with Crippen LogP contribution in [-0.2, 0) is 0 Å². The molecule has 0 fully saturated rings. The van der Waals surface area contributed by atoms with Gasteiger partial charge in [-0.1, -0.05) is 11.6 Å². The van der Waals surface area contributed by atoms with Gasteiger partial charge < -0.3 is 10.2 Å². The van der Waals surface area contributed by atoms with E-state index in [9.17, 15) is 0 Å². The third-order valence-electron chi connectivity index (χ3n) is 2.31. The average Bonchev–Trinajstić information content (AvgIpc) is 2.57. The van der Waals surface area contributed by atoms with Gasteiger partial charge in [0.25, 0.3) is 0 Å². The molecule has 0 radical (unpaired) electrons. The number of hydrogen-bond donors (Lipinski definition) is 1. The predicted molar refractivity (Wildman–Crippen MR) is 69.6 cm³/mol. The van der Waals surface area contributed by atoms with E-state index >= 15 is 0 Å². The summed E-state index contributed by atoms with van der Waals surface area (Å²) in [4.78, 5) is 6.48. The largest absolute Gasteiger partial charge is 0.349 e. The number of fused-ring (bicyclic) bond motifs is 1. The van der Waals surface area contributed by atoms with Gasteiger partial charge in [0.1, 0.15) is 0 Å². The monoisotopic (exact) mass is 253 g/mol. The van der Waals surface area contributed by atoms with Gasteiger partial charge in [-0.3, -0.25) is 0 Å². The van der Waals surface area contributed by atoms with Gasteiger partial charge in [-0.25, -0.2) is 4.52 Å². The van der Waals surface area contributed by atoms with Crippen LogP contribution in [0.25, 0.3) is 5.65 Å². The number of hydrogen-bond acceptors (Lipinski definition) is 4. The van der Waals surface area contributed by atoms with Gasteiger partial charge in [0.2, 0.25) is 5.95 Å². The van der Waals surface area contributed by atoms with Crippen molar-refractivity contribution in [3.8, 4) is 0 Å². The van der Waals surface area contributed by atoms with E-state index in [-0.39, 0.29) is 6.04 Å².